The minimum Gasteiger partial charge on any atom is -0.492 e. The molecule has 0 atom stereocenters. The molecule has 6 nitrogen and oxygen atoms in total. The zero-order chi connectivity index (χ0) is 22.6. The molecule has 0 bridgehead atoms. The molecule has 0 aliphatic carbocycles. The minimum atomic E-state index is -0.964. The average molecular weight is 461 g/mol. The van der Waals surface area contributed by atoms with Crippen LogP contribution in [-0.4, -0.2) is 33.3 Å². The zero-order valence-electron chi connectivity index (χ0n) is 16.9. The molecule has 1 aromatic heterocycles. The summed E-state index contributed by atoms with van der Waals surface area (Å²) >= 11 is 2.57. The van der Waals surface area contributed by atoms with E-state index in [0.717, 1.165) is 16.8 Å². The molecule has 9 heteroatoms. The lowest BCUT2D eigenvalue weighted by atomic mass is 10.0. The third kappa shape index (κ3) is 5.83. The number of nitrogens with zero attached hydrogens (tertiary/aromatic N) is 1. The van der Waals surface area contributed by atoms with Crippen molar-refractivity contribution in [1.82, 2.24) is 4.98 Å². The summed E-state index contributed by atoms with van der Waals surface area (Å²) in [5, 5.41) is 11.1. The van der Waals surface area contributed by atoms with Crippen molar-refractivity contribution < 1.29 is 23.8 Å². The molecule has 1 amide bonds. The number of ether oxygens (including phenoxy) is 1. The van der Waals surface area contributed by atoms with Gasteiger partial charge in [0.15, 0.2) is 4.34 Å². The molecule has 0 unspecified atom stereocenters. The van der Waals surface area contributed by atoms with Gasteiger partial charge in [0.05, 0.1) is 17.9 Å². The van der Waals surface area contributed by atoms with Gasteiger partial charge >= 0.3 is 5.97 Å². The fourth-order valence-corrected chi connectivity index (χ4v) is 4.87. The number of thiazole rings is 1. The highest BCUT2D eigenvalue weighted by Gasteiger charge is 2.29. The van der Waals surface area contributed by atoms with Gasteiger partial charge in [0, 0.05) is 11.8 Å². The highest BCUT2D eigenvalue weighted by atomic mass is 32.2. The van der Waals surface area contributed by atoms with Crippen molar-refractivity contribution in [3.8, 4) is 16.9 Å². The molecule has 3 rings (SSSR count). The lowest BCUT2D eigenvalue weighted by Crippen LogP contribution is -2.26. The molecule has 0 radical (unpaired) electrons. The molecule has 0 aliphatic heterocycles. The average Bonchev–Trinajstić information content (AvgIpc) is 3.15. The van der Waals surface area contributed by atoms with Crippen LogP contribution in [0.2, 0.25) is 0 Å². The molecule has 3 N–H and O–H groups in total. The number of carboxylic acid groups (broad SMARTS) is 1. The van der Waals surface area contributed by atoms with Crippen molar-refractivity contribution in [3.05, 3.63) is 64.9 Å². The summed E-state index contributed by atoms with van der Waals surface area (Å²) in [6, 6.07) is 11.0. The molecule has 1 heterocycles. The van der Waals surface area contributed by atoms with Gasteiger partial charge in [0.2, 0.25) is 0 Å². The maximum absolute atomic E-state index is 13.1. The van der Waals surface area contributed by atoms with E-state index in [-0.39, 0.29) is 18.0 Å². The maximum Gasteiger partial charge on any atom is 0.319 e. The monoisotopic (exact) mass is 460 g/mol. The van der Waals surface area contributed by atoms with Crippen LogP contribution in [0.25, 0.3) is 11.1 Å². The van der Waals surface area contributed by atoms with E-state index in [1.165, 1.54) is 35.2 Å². The van der Waals surface area contributed by atoms with Gasteiger partial charge in [0.25, 0.3) is 5.91 Å². The molecule has 0 saturated heterocycles. The van der Waals surface area contributed by atoms with Gasteiger partial charge in [-0.05, 0) is 49.2 Å². The van der Waals surface area contributed by atoms with Crippen LogP contribution in [0, 0.1) is 5.82 Å². The van der Waals surface area contributed by atoms with Crippen molar-refractivity contribution in [2.45, 2.75) is 29.4 Å². The Labute approximate surface area is 187 Å². The predicted molar refractivity (Wildman–Crippen MR) is 119 cm³/mol. The smallest absolute Gasteiger partial charge is 0.319 e. The number of carboxylic acids is 1. The van der Waals surface area contributed by atoms with Crippen LogP contribution >= 0.6 is 23.1 Å². The van der Waals surface area contributed by atoms with E-state index < -0.39 is 16.6 Å². The topological polar surface area (TPSA) is 103 Å². The SMILES string of the molecule is CC(C)(Sc1nc(CCOc2ccc(-c3ccc(F)cc3)cc2C(N)=O)cs1)C(=O)O. The van der Waals surface area contributed by atoms with E-state index >= 15 is 0 Å². The van der Waals surface area contributed by atoms with Crippen LogP contribution in [0.1, 0.15) is 29.9 Å². The Hall–Kier alpha value is -2.91. The Kier molecular flexibility index (Phi) is 6.97. The van der Waals surface area contributed by atoms with E-state index in [9.17, 15) is 19.1 Å². The van der Waals surface area contributed by atoms with Crippen molar-refractivity contribution in [3.63, 3.8) is 0 Å². The third-order valence-electron chi connectivity index (χ3n) is 4.43. The normalized spacial score (nSPS) is 11.3. The molecular formula is C22H21FN2O4S2. The van der Waals surface area contributed by atoms with E-state index in [1.807, 2.05) is 5.38 Å². The summed E-state index contributed by atoms with van der Waals surface area (Å²) in [5.74, 6) is -1.51. The van der Waals surface area contributed by atoms with E-state index in [4.69, 9.17) is 10.5 Å². The number of hydrogen-bond acceptors (Lipinski definition) is 6. The van der Waals surface area contributed by atoms with Crippen molar-refractivity contribution in [2.24, 2.45) is 5.73 Å². The second kappa shape index (κ2) is 9.49. The number of halogens is 1. The summed E-state index contributed by atoms with van der Waals surface area (Å²) in [6.45, 7) is 3.53. The number of benzene rings is 2. The first-order chi connectivity index (χ1) is 14.7. The highest BCUT2D eigenvalue weighted by molar-refractivity contribution is 8.02. The van der Waals surface area contributed by atoms with E-state index in [2.05, 4.69) is 4.98 Å². The Bertz CT molecular complexity index is 1100. The third-order valence-corrected chi connectivity index (χ3v) is 6.60. The number of aliphatic carboxylic acids is 1. The predicted octanol–water partition coefficient (Wildman–Crippen LogP) is 4.62. The standard InChI is InChI=1S/C22H21FN2O4S2/c1-22(2,20(27)28)31-21-25-16(12-30-21)9-10-29-18-8-5-14(11-17(18)19(24)26)13-3-6-15(23)7-4-13/h3-8,11-12H,9-10H2,1-2H3,(H2,24,26)(H,27,28). The summed E-state index contributed by atoms with van der Waals surface area (Å²) in [6.07, 6.45) is 0.489. The molecule has 0 spiro atoms. The highest BCUT2D eigenvalue weighted by Crippen LogP contribution is 2.34. The lowest BCUT2D eigenvalue weighted by Gasteiger charge is -2.15. The Balaban J connectivity index is 1.66. The van der Waals surface area contributed by atoms with Gasteiger partial charge in [-0.1, -0.05) is 30.0 Å². The van der Waals surface area contributed by atoms with Gasteiger partial charge in [0.1, 0.15) is 16.3 Å². The van der Waals surface area contributed by atoms with Crippen LogP contribution in [0.15, 0.2) is 52.2 Å². The summed E-state index contributed by atoms with van der Waals surface area (Å²) in [7, 11) is 0. The first-order valence-electron chi connectivity index (χ1n) is 9.35. The van der Waals surface area contributed by atoms with Gasteiger partial charge < -0.3 is 15.6 Å². The van der Waals surface area contributed by atoms with Crippen LogP contribution in [-0.2, 0) is 11.2 Å². The second-order valence-corrected chi connectivity index (χ2v) is 9.93. The fourth-order valence-electron chi connectivity index (χ4n) is 2.65. The summed E-state index contributed by atoms with van der Waals surface area (Å²) in [4.78, 5) is 27.6. The number of carbonyl (C=O) groups excluding carboxylic acids is 1. The minimum absolute atomic E-state index is 0.236. The lowest BCUT2D eigenvalue weighted by molar-refractivity contribution is -0.138. The molecule has 2 aromatic carbocycles. The molecule has 31 heavy (non-hydrogen) atoms. The molecule has 0 saturated carbocycles. The van der Waals surface area contributed by atoms with Crippen molar-refractivity contribution in [1.29, 1.82) is 0 Å². The van der Waals surface area contributed by atoms with E-state index in [1.54, 1.807) is 44.2 Å². The Morgan fingerprint density at radius 3 is 2.52 bits per heavy atom. The Morgan fingerprint density at radius 1 is 1.19 bits per heavy atom. The Morgan fingerprint density at radius 2 is 1.87 bits per heavy atom. The first kappa shape index (κ1) is 22.8. The van der Waals surface area contributed by atoms with Crippen LogP contribution in [0.5, 0.6) is 5.75 Å². The zero-order valence-corrected chi connectivity index (χ0v) is 18.6. The number of amides is 1. The number of nitrogens with two attached hydrogens (primary N) is 1. The first-order valence-corrected chi connectivity index (χ1v) is 11.0. The number of primary amides is 1. The number of aromatic nitrogens is 1. The molecule has 3 aromatic rings. The van der Waals surface area contributed by atoms with Gasteiger partial charge in [-0.2, -0.15) is 0 Å². The number of hydrogen-bond donors (Lipinski definition) is 2. The van der Waals surface area contributed by atoms with Crippen molar-refractivity contribution in [2.75, 3.05) is 6.61 Å². The van der Waals surface area contributed by atoms with Gasteiger partial charge in [-0.25, -0.2) is 9.37 Å². The summed E-state index contributed by atoms with van der Waals surface area (Å²) < 4.78 is 18.6. The van der Waals surface area contributed by atoms with E-state index in [0.29, 0.717) is 16.5 Å². The maximum atomic E-state index is 13.1. The molecule has 162 valence electrons. The quantitative estimate of drug-likeness (QED) is 0.452. The molecular weight excluding hydrogens is 439 g/mol. The molecule has 0 aliphatic rings. The largest absolute Gasteiger partial charge is 0.492 e. The summed E-state index contributed by atoms with van der Waals surface area (Å²) in [5.41, 5.74) is 8.01. The number of rotatable bonds is 9. The van der Waals surface area contributed by atoms with Gasteiger partial charge in [-0.15, -0.1) is 11.3 Å². The van der Waals surface area contributed by atoms with Gasteiger partial charge in [-0.3, -0.25) is 9.59 Å². The molecule has 0 fully saturated rings. The number of carbonyl (C=O) groups is 2. The van der Waals surface area contributed by atoms with Crippen LogP contribution in [0.4, 0.5) is 4.39 Å². The van der Waals surface area contributed by atoms with Crippen LogP contribution < -0.4 is 10.5 Å². The van der Waals surface area contributed by atoms with Crippen molar-refractivity contribution >= 4 is 35.0 Å². The number of thioether (sulfide) groups is 1. The fraction of sp³-hybridized carbons (Fsp3) is 0.227. The second-order valence-electron chi connectivity index (χ2n) is 7.20. The van der Waals surface area contributed by atoms with Crippen LogP contribution in [0.3, 0.4) is 0 Å².